The lowest BCUT2D eigenvalue weighted by molar-refractivity contribution is 0.496. The molecule has 0 fully saturated rings. The summed E-state index contributed by atoms with van der Waals surface area (Å²) in [5.41, 5.74) is 5.99. The monoisotopic (exact) mass is 312 g/mol. The number of hydrogen-bond donors (Lipinski definition) is 2. The minimum absolute atomic E-state index is 0.0942. The molecular weight excluding hydrogens is 295 g/mol. The van der Waals surface area contributed by atoms with Crippen LogP contribution >= 0.6 is 0 Å². The lowest BCUT2D eigenvalue weighted by Crippen LogP contribution is -2.27. The summed E-state index contributed by atoms with van der Waals surface area (Å²) in [6.07, 6.45) is 0. The Balaban J connectivity index is 2.28. The fourth-order valence-electron chi connectivity index (χ4n) is 2.12. The van der Waals surface area contributed by atoms with Crippen LogP contribution in [0.3, 0.4) is 0 Å². The van der Waals surface area contributed by atoms with E-state index in [1.165, 1.54) is 12.1 Å². The van der Waals surface area contributed by atoms with Crippen LogP contribution in [0.4, 0.5) is 10.1 Å². The predicted octanol–water partition coefficient (Wildman–Crippen LogP) is 2.66. The zero-order chi connectivity index (χ0) is 15.8. The first-order chi connectivity index (χ1) is 9.70. The van der Waals surface area contributed by atoms with Gasteiger partial charge in [0.25, 0.3) is 0 Å². The van der Waals surface area contributed by atoms with Crippen LogP contribution in [0.2, 0.25) is 0 Å². The van der Waals surface area contributed by atoms with Crippen molar-refractivity contribution < 1.29 is 17.2 Å². The highest BCUT2D eigenvalue weighted by Gasteiger charge is 2.21. The summed E-state index contributed by atoms with van der Waals surface area (Å²) < 4.78 is 45.8. The topological polar surface area (TPSA) is 85.3 Å². The van der Waals surface area contributed by atoms with Crippen molar-refractivity contribution in [2.75, 3.05) is 5.73 Å². The molecule has 1 aromatic heterocycles. The maximum atomic E-state index is 13.4. The van der Waals surface area contributed by atoms with E-state index in [1.807, 2.05) is 0 Å². The van der Waals surface area contributed by atoms with Gasteiger partial charge in [-0.05, 0) is 45.0 Å². The summed E-state index contributed by atoms with van der Waals surface area (Å²) in [5.74, 6) is 0.583. The van der Waals surface area contributed by atoms with Gasteiger partial charge in [-0.25, -0.2) is 17.5 Å². The first-order valence-electron chi connectivity index (χ1n) is 6.35. The lowest BCUT2D eigenvalue weighted by Gasteiger charge is -2.14. The van der Waals surface area contributed by atoms with Crippen LogP contribution in [0.25, 0.3) is 0 Å². The van der Waals surface area contributed by atoms with Crippen LogP contribution in [0, 0.1) is 19.7 Å². The molecule has 7 heteroatoms. The summed E-state index contributed by atoms with van der Waals surface area (Å²) in [4.78, 5) is -0.168. The van der Waals surface area contributed by atoms with E-state index in [0.717, 1.165) is 11.6 Å². The van der Waals surface area contributed by atoms with Crippen molar-refractivity contribution in [1.82, 2.24) is 4.72 Å². The average Bonchev–Trinajstić information content (AvgIpc) is 2.71. The zero-order valence-corrected chi connectivity index (χ0v) is 12.8. The van der Waals surface area contributed by atoms with E-state index < -0.39 is 21.9 Å². The predicted molar refractivity (Wildman–Crippen MR) is 77.7 cm³/mol. The van der Waals surface area contributed by atoms with Crippen LogP contribution in [-0.2, 0) is 10.0 Å². The number of nitrogens with one attached hydrogen (secondary N) is 1. The summed E-state index contributed by atoms with van der Waals surface area (Å²) in [6, 6.07) is 4.67. The van der Waals surface area contributed by atoms with Gasteiger partial charge in [0.15, 0.2) is 0 Å². The molecular formula is C14H17FN2O3S. The van der Waals surface area contributed by atoms with Gasteiger partial charge in [-0.2, -0.15) is 0 Å². The minimum atomic E-state index is -3.84. The highest BCUT2D eigenvalue weighted by molar-refractivity contribution is 7.89. The summed E-state index contributed by atoms with van der Waals surface area (Å²) >= 11 is 0. The number of hydrogen-bond acceptors (Lipinski definition) is 4. The highest BCUT2D eigenvalue weighted by Crippen LogP contribution is 2.24. The molecule has 0 saturated heterocycles. The number of sulfonamides is 1. The molecule has 0 aliphatic rings. The number of halogens is 1. The van der Waals surface area contributed by atoms with Crippen molar-refractivity contribution in [2.45, 2.75) is 31.7 Å². The second kappa shape index (κ2) is 5.50. The largest absolute Gasteiger partial charge is 0.466 e. The molecule has 0 aliphatic heterocycles. The molecule has 2 rings (SSSR count). The zero-order valence-electron chi connectivity index (χ0n) is 12.0. The second-order valence-corrected chi connectivity index (χ2v) is 6.61. The minimum Gasteiger partial charge on any atom is -0.466 e. The van der Waals surface area contributed by atoms with Crippen LogP contribution in [0.1, 0.15) is 30.0 Å². The fraction of sp³-hybridized carbons (Fsp3) is 0.286. The Morgan fingerprint density at radius 3 is 2.48 bits per heavy atom. The molecule has 0 aliphatic carbocycles. The number of furan rings is 1. The Kier molecular flexibility index (Phi) is 4.06. The third-order valence-electron chi connectivity index (χ3n) is 3.16. The van der Waals surface area contributed by atoms with Crippen molar-refractivity contribution in [3.63, 3.8) is 0 Å². The SMILES string of the molecule is Cc1cc(C(C)NS(=O)(=O)c2ccc(N)c(F)c2)c(C)o1. The molecule has 5 nitrogen and oxygen atoms in total. The number of rotatable bonds is 4. The van der Waals surface area contributed by atoms with Crippen molar-refractivity contribution in [1.29, 1.82) is 0 Å². The molecule has 1 unspecified atom stereocenters. The third kappa shape index (κ3) is 3.25. The van der Waals surface area contributed by atoms with Gasteiger partial charge in [0, 0.05) is 11.6 Å². The Morgan fingerprint density at radius 2 is 1.95 bits per heavy atom. The normalized spacial score (nSPS) is 13.3. The van der Waals surface area contributed by atoms with Gasteiger partial charge in [0.2, 0.25) is 10.0 Å². The highest BCUT2D eigenvalue weighted by atomic mass is 32.2. The third-order valence-corrected chi connectivity index (χ3v) is 4.70. The molecule has 3 N–H and O–H groups in total. The molecule has 0 spiro atoms. The quantitative estimate of drug-likeness (QED) is 0.850. The Morgan fingerprint density at radius 1 is 1.29 bits per heavy atom. The molecule has 21 heavy (non-hydrogen) atoms. The molecule has 1 atom stereocenters. The molecule has 2 aromatic rings. The molecule has 114 valence electrons. The smallest absolute Gasteiger partial charge is 0.241 e. The molecule has 0 bridgehead atoms. The van der Waals surface area contributed by atoms with Gasteiger partial charge >= 0.3 is 0 Å². The number of nitrogens with two attached hydrogens (primary N) is 1. The van der Waals surface area contributed by atoms with E-state index in [2.05, 4.69) is 4.72 Å². The van der Waals surface area contributed by atoms with Crippen molar-refractivity contribution in [2.24, 2.45) is 0 Å². The number of aryl methyl sites for hydroxylation is 2. The molecule has 0 amide bonds. The summed E-state index contributed by atoms with van der Waals surface area (Å²) in [6.45, 7) is 5.24. The number of benzene rings is 1. The summed E-state index contributed by atoms with van der Waals surface area (Å²) in [7, 11) is -3.84. The van der Waals surface area contributed by atoms with E-state index in [0.29, 0.717) is 11.5 Å². The first kappa shape index (κ1) is 15.5. The van der Waals surface area contributed by atoms with Crippen LogP contribution in [0.15, 0.2) is 33.6 Å². The average molecular weight is 312 g/mol. The lowest BCUT2D eigenvalue weighted by atomic mass is 10.1. The van der Waals surface area contributed by atoms with Crippen molar-refractivity contribution >= 4 is 15.7 Å². The molecule has 0 saturated carbocycles. The van der Waals surface area contributed by atoms with Gasteiger partial charge in [0.05, 0.1) is 10.6 Å². The summed E-state index contributed by atoms with van der Waals surface area (Å²) in [5, 5.41) is 0. The van der Waals surface area contributed by atoms with Gasteiger partial charge in [-0.15, -0.1) is 0 Å². The molecule has 0 radical (unpaired) electrons. The van der Waals surface area contributed by atoms with Gasteiger partial charge in [0.1, 0.15) is 17.3 Å². The van der Waals surface area contributed by atoms with Crippen molar-refractivity contribution in [3.05, 3.63) is 47.2 Å². The van der Waals surface area contributed by atoms with Gasteiger partial charge in [-0.3, -0.25) is 0 Å². The second-order valence-electron chi connectivity index (χ2n) is 4.89. The van der Waals surface area contributed by atoms with Crippen LogP contribution in [-0.4, -0.2) is 8.42 Å². The maximum Gasteiger partial charge on any atom is 0.241 e. The molecule has 1 aromatic carbocycles. The van der Waals surface area contributed by atoms with E-state index in [-0.39, 0.29) is 10.6 Å². The van der Waals surface area contributed by atoms with Gasteiger partial charge < -0.3 is 10.2 Å². The van der Waals surface area contributed by atoms with Crippen LogP contribution in [0.5, 0.6) is 0 Å². The van der Waals surface area contributed by atoms with Crippen LogP contribution < -0.4 is 10.5 Å². The maximum absolute atomic E-state index is 13.4. The number of nitrogen functional groups attached to an aromatic ring is 1. The first-order valence-corrected chi connectivity index (χ1v) is 7.83. The standard InChI is InChI=1S/C14H17FN2O3S/c1-8-6-12(10(3)20-8)9(2)17-21(18,19)11-4-5-14(16)13(15)7-11/h4-7,9,17H,16H2,1-3H3. The van der Waals surface area contributed by atoms with Crippen molar-refractivity contribution in [3.8, 4) is 0 Å². The fourth-order valence-corrected chi connectivity index (χ4v) is 3.35. The Labute approximate surface area is 123 Å². The Bertz CT molecular complexity index is 769. The van der Waals surface area contributed by atoms with E-state index >= 15 is 0 Å². The van der Waals surface area contributed by atoms with Gasteiger partial charge in [-0.1, -0.05) is 0 Å². The number of anilines is 1. The van der Waals surface area contributed by atoms with E-state index in [4.69, 9.17) is 10.2 Å². The molecule has 1 heterocycles. The van der Waals surface area contributed by atoms with E-state index in [1.54, 1.807) is 26.8 Å². The Hall–Kier alpha value is -1.86. The van der Waals surface area contributed by atoms with E-state index in [9.17, 15) is 12.8 Å².